The molecule has 0 spiro atoms. The van der Waals surface area contributed by atoms with E-state index < -0.39 is 0 Å². The van der Waals surface area contributed by atoms with Gasteiger partial charge in [-0.1, -0.05) is 36.4 Å². The second-order valence-electron chi connectivity index (χ2n) is 7.15. The summed E-state index contributed by atoms with van der Waals surface area (Å²) in [5.41, 5.74) is 5.08. The summed E-state index contributed by atoms with van der Waals surface area (Å²) in [6.07, 6.45) is 5.10. The number of carbonyl (C=O) groups is 1. The van der Waals surface area contributed by atoms with E-state index in [0.29, 0.717) is 31.0 Å². The van der Waals surface area contributed by atoms with Crippen molar-refractivity contribution in [1.82, 2.24) is 30.0 Å². The van der Waals surface area contributed by atoms with Crippen LogP contribution in [0.2, 0.25) is 0 Å². The molecule has 1 aromatic carbocycles. The zero-order valence-corrected chi connectivity index (χ0v) is 16.3. The van der Waals surface area contributed by atoms with Gasteiger partial charge < -0.3 is 5.32 Å². The number of rotatable bonds is 5. The van der Waals surface area contributed by atoms with E-state index in [2.05, 4.69) is 20.4 Å². The van der Waals surface area contributed by atoms with Crippen LogP contribution in [0.4, 0.5) is 0 Å². The van der Waals surface area contributed by atoms with Crippen molar-refractivity contribution in [2.75, 3.05) is 6.54 Å². The van der Waals surface area contributed by atoms with Crippen LogP contribution in [0.5, 0.6) is 0 Å². The predicted molar refractivity (Wildman–Crippen MR) is 113 cm³/mol. The van der Waals surface area contributed by atoms with Crippen molar-refractivity contribution in [3.05, 3.63) is 83.9 Å². The van der Waals surface area contributed by atoms with Gasteiger partial charge in [-0.15, -0.1) is 0 Å². The Hall–Kier alpha value is -3.87. The molecule has 0 radical (unpaired) electrons. The van der Waals surface area contributed by atoms with Crippen LogP contribution in [0.3, 0.4) is 0 Å². The average Bonchev–Trinajstić information content (AvgIpc) is 3.25. The summed E-state index contributed by atoms with van der Waals surface area (Å²) in [6, 6.07) is 17.5. The Morgan fingerprint density at radius 1 is 1.07 bits per heavy atom. The van der Waals surface area contributed by atoms with Crippen LogP contribution < -0.4 is 5.32 Å². The third kappa shape index (κ3) is 3.57. The molecule has 0 saturated heterocycles. The lowest BCUT2D eigenvalue weighted by molar-refractivity contribution is 0.0948. The molecule has 7 nitrogen and oxygen atoms in total. The molecule has 148 valence electrons. The lowest BCUT2D eigenvalue weighted by Gasteiger charge is -2.17. The van der Waals surface area contributed by atoms with Crippen molar-refractivity contribution in [2.45, 2.75) is 19.4 Å². The molecular weight excluding hydrogens is 376 g/mol. The number of aryl methyl sites for hydroxylation is 2. The number of hydrogen-bond donors (Lipinski definition) is 1. The highest BCUT2D eigenvalue weighted by Gasteiger charge is 2.23. The van der Waals surface area contributed by atoms with Gasteiger partial charge in [0.2, 0.25) is 0 Å². The highest BCUT2D eigenvalue weighted by atomic mass is 16.1. The number of fused-ring (bicyclic) bond motifs is 3. The minimum absolute atomic E-state index is 0.188. The lowest BCUT2D eigenvalue weighted by atomic mass is 10.1. The minimum atomic E-state index is -0.188. The van der Waals surface area contributed by atoms with Gasteiger partial charge >= 0.3 is 0 Å². The Morgan fingerprint density at radius 3 is 2.77 bits per heavy atom. The van der Waals surface area contributed by atoms with Crippen LogP contribution in [0.25, 0.3) is 22.8 Å². The van der Waals surface area contributed by atoms with E-state index in [1.54, 1.807) is 6.20 Å². The summed E-state index contributed by atoms with van der Waals surface area (Å²) >= 11 is 0. The molecular formula is C23H20N6O. The van der Waals surface area contributed by atoms with Gasteiger partial charge in [0, 0.05) is 48.7 Å². The largest absolute Gasteiger partial charge is 0.350 e. The molecule has 7 heteroatoms. The van der Waals surface area contributed by atoms with Crippen LogP contribution in [0.15, 0.2) is 67.0 Å². The molecule has 0 unspecified atom stereocenters. The number of nitrogens with one attached hydrogen (secondary N) is 1. The molecule has 0 fully saturated rings. The number of amides is 1. The fraction of sp³-hybridized carbons (Fsp3) is 0.174. The van der Waals surface area contributed by atoms with E-state index in [1.807, 2.05) is 65.5 Å². The summed E-state index contributed by atoms with van der Waals surface area (Å²) in [7, 11) is 0. The molecule has 1 amide bonds. The topological polar surface area (TPSA) is 85.6 Å². The number of nitrogens with zero attached hydrogens (tertiary/aromatic N) is 5. The molecule has 1 aliphatic rings. The number of aromatic nitrogens is 5. The van der Waals surface area contributed by atoms with Crippen molar-refractivity contribution >= 4 is 5.91 Å². The number of pyridine rings is 1. The molecule has 0 bridgehead atoms. The number of benzene rings is 1. The Morgan fingerprint density at radius 2 is 1.93 bits per heavy atom. The molecule has 30 heavy (non-hydrogen) atoms. The molecule has 1 N–H and O–H groups in total. The zero-order valence-electron chi connectivity index (χ0n) is 16.3. The van der Waals surface area contributed by atoms with E-state index in [9.17, 15) is 4.79 Å². The fourth-order valence-corrected chi connectivity index (χ4v) is 3.59. The third-order valence-electron chi connectivity index (χ3n) is 5.14. The van der Waals surface area contributed by atoms with Crippen molar-refractivity contribution in [1.29, 1.82) is 0 Å². The van der Waals surface area contributed by atoms with Gasteiger partial charge in [0.25, 0.3) is 5.91 Å². The van der Waals surface area contributed by atoms with Gasteiger partial charge in [-0.05, 0) is 24.6 Å². The van der Waals surface area contributed by atoms with Crippen LogP contribution in [0, 0.1) is 0 Å². The Balaban J connectivity index is 1.36. The summed E-state index contributed by atoms with van der Waals surface area (Å²) in [6.45, 7) is 1.21. The molecule has 5 rings (SSSR count). The van der Waals surface area contributed by atoms with Crippen LogP contribution in [-0.2, 0) is 19.4 Å². The SMILES string of the molecule is O=C(NCCc1ccccn1)c1cc2n(n1)CCc1cnc(-c3ccccc3)nc1-2. The first-order valence-electron chi connectivity index (χ1n) is 9.95. The average molecular weight is 396 g/mol. The second-order valence-corrected chi connectivity index (χ2v) is 7.15. The number of hydrogen-bond acceptors (Lipinski definition) is 5. The minimum Gasteiger partial charge on any atom is -0.350 e. The first-order chi connectivity index (χ1) is 14.8. The predicted octanol–water partition coefficient (Wildman–Crippen LogP) is 2.93. The second kappa shape index (κ2) is 7.87. The summed E-state index contributed by atoms with van der Waals surface area (Å²) in [5, 5.41) is 7.44. The fourth-order valence-electron chi connectivity index (χ4n) is 3.59. The first kappa shape index (κ1) is 18.2. The van der Waals surface area contributed by atoms with E-state index in [-0.39, 0.29) is 5.91 Å². The summed E-state index contributed by atoms with van der Waals surface area (Å²) in [5.74, 6) is 0.483. The van der Waals surface area contributed by atoms with Gasteiger partial charge in [0.1, 0.15) is 0 Å². The van der Waals surface area contributed by atoms with E-state index in [4.69, 9.17) is 4.98 Å². The highest BCUT2D eigenvalue weighted by Crippen LogP contribution is 2.29. The monoisotopic (exact) mass is 396 g/mol. The Labute approximate surface area is 173 Å². The van der Waals surface area contributed by atoms with Crippen LogP contribution >= 0.6 is 0 Å². The first-order valence-corrected chi connectivity index (χ1v) is 9.95. The van der Waals surface area contributed by atoms with Crippen LogP contribution in [0.1, 0.15) is 21.7 Å². The van der Waals surface area contributed by atoms with E-state index in [0.717, 1.165) is 34.6 Å². The summed E-state index contributed by atoms with van der Waals surface area (Å²) < 4.78 is 1.86. The van der Waals surface area contributed by atoms with Crippen LogP contribution in [-0.4, -0.2) is 37.2 Å². The van der Waals surface area contributed by atoms with Gasteiger partial charge in [-0.25, -0.2) is 9.97 Å². The molecule has 4 aromatic rings. The number of carbonyl (C=O) groups excluding carboxylic acids is 1. The van der Waals surface area contributed by atoms with Gasteiger partial charge in [-0.2, -0.15) is 5.10 Å². The van der Waals surface area contributed by atoms with Crippen molar-refractivity contribution in [3.8, 4) is 22.8 Å². The smallest absolute Gasteiger partial charge is 0.271 e. The maximum absolute atomic E-state index is 12.6. The molecule has 3 aromatic heterocycles. The van der Waals surface area contributed by atoms with E-state index in [1.165, 1.54) is 0 Å². The Kier molecular flexibility index (Phi) is 4.77. The highest BCUT2D eigenvalue weighted by molar-refractivity contribution is 5.93. The Bertz CT molecular complexity index is 1190. The van der Waals surface area contributed by atoms with E-state index >= 15 is 0 Å². The molecule has 0 atom stereocenters. The molecule has 1 aliphatic heterocycles. The zero-order chi connectivity index (χ0) is 20.3. The quantitative estimate of drug-likeness (QED) is 0.561. The van der Waals surface area contributed by atoms with Crippen molar-refractivity contribution in [3.63, 3.8) is 0 Å². The lowest BCUT2D eigenvalue weighted by Crippen LogP contribution is -2.26. The maximum Gasteiger partial charge on any atom is 0.271 e. The summed E-state index contributed by atoms with van der Waals surface area (Å²) in [4.78, 5) is 26.2. The molecule has 0 saturated carbocycles. The van der Waals surface area contributed by atoms with Gasteiger partial charge in [0.15, 0.2) is 11.5 Å². The van der Waals surface area contributed by atoms with Crippen molar-refractivity contribution < 1.29 is 4.79 Å². The molecule has 4 heterocycles. The van der Waals surface area contributed by atoms with Gasteiger partial charge in [-0.3, -0.25) is 14.5 Å². The normalized spacial score (nSPS) is 12.1. The maximum atomic E-state index is 12.6. The van der Waals surface area contributed by atoms with Crippen molar-refractivity contribution in [2.24, 2.45) is 0 Å². The van der Waals surface area contributed by atoms with Gasteiger partial charge in [0.05, 0.1) is 11.4 Å². The third-order valence-corrected chi connectivity index (χ3v) is 5.14. The standard InChI is InChI=1S/C23H20N6O/c30-23(25-12-9-18-8-4-5-11-24-18)19-14-20-21-17(10-13-29(20)28-19)15-26-22(27-21)16-6-2-1-3-7-16/h1-8,11,14-15H,9-10,12-13H2,(H,25,30). The molecule has 0 aliphatic carbocycles.